The van der Waals surface area contributed by atoms with Gasteiger partial charge >= 0.3 is 0 Å². The molecule has 0 unspecified atom stereocenters. The third-order valence-electron chi connectivity index (χ3n) is 1.20. The zero-order valence-electron chi connectivity index (χ0n) is 6.88. The Labute approximate surface area is 68.0 Å². The summed E-state index contributed by atoms with van der Waals surface area (Å²) < 4.78 is 4.59. The first-order valence-corrected chi connectivity index (χ1v) is 3.92. The van der Waals surface area contributed by atoms with Crippen LogP contribution in [0.1, 0.15) is 19.8 Å². The van der Waals surface area contributed by atoms with Gasteiger partial charge in [-0.1, -0.05) is 26.1 Å². The van der Waals surface area contributed by atoms with Crippen molar-refractivity contribution in [3.63, 3.8) is 0 Å². The SMILES string of the molecule is CCCC[B]C(=O)OCCO. The maximum atomic E-state index is 10.7. The van der Waals surface area contributed by atoms with Gasteiger partial charge in [-0.05, 0) is 0 Å². The van der Waals surface area contributed by atoms with E-state index in [4.69, 9.17) is 5.11 Å². The summed E-state index contributed by atoms with van der Waals surface area (Å²) in [5.41, 5.74) is 0. The molecule has 63 valence electrons. The fraction of sp³-hybridized carbons (Fsp3) is 0.857. The molecule has 3 nitrogen and oxygen atoms in total. The molecule has 0 spiro atoms. The molecule has 0 fully saturated rings. The number of aliphatic hydroxyl groups is 1. The van der Waals surface area contributed by atoms with Gasteiger partial charge in [0.05, 0.1) is 6.61 Å². The van der Waals surface area contributed by atoms with Gasteiger partial charge in [0.1, 0.15) is 6.61 Å². The number of ether oxygens (including phenoxy) is 1. The van der Waals surface area contributed by atoms with Crippen LogP contribution < -0.4 is 0 Å². The molecule has 0 saturated carbocycles. The van der Waals surface area contributed by atoms with Crippen LogP contribution in [0.15, 0.2) is 0 Å². The van der Waals surface area contributed by atoms with Crippen molar-refractivity contribution in [1.82, 2.24) is 0 Å². The molecule has 0 rings (SSSR count). The van der Waals surface area contributed by atoms with Gasteiger partial charge in [-0.25, -0.2) is 0 Å². The average Bonchev–Trinajstić information content (AvgIpc) is 2.01. The zero-order valence-corrected chi connectivity index (χ0v) is 6.88. The molecule has 1 radical (unpaired) electrons. The van der Waals surface area contributed by atoms with Crippen molar-refractivity contribution in [2.75, 3.05) is 13.2 Å². The van der Waals surface area contributed by atoms with Gasteiger partial charge in [-0.15, -0.1) is 0 Å². The Bertz CT molecular complexity index is 106. The van der Waals surface area contributed by atoms with Crippen LogP contribution >= 0.6 is 0 Å². The van der Waals surface area contributed by atoms with E-state index in [1.807, 2.05) is 0 Å². The standard InChI is InChI=1S/C7H14BO3/c1-2-3-4-8-7(10)11-6-5-9/h9H,2-6H2,1H3. The summed E-state index contributed by atoms with van der Waals surface area (Å²) in [6, 6.07) is 0. The predicted molar refractivity (Wildman–Crippen MR) is 43.9 cm³/mol. The Balaban J connectivity index is 3.09. The first-order chi connectivity index (χ1) is 5.31. The summed E-state index contributed by atoms with van der Waals surface area (Å²) in [4.78, 5) is 10.7. The van der Waals surface area contributed by atoms with Crippen molar-refractivity contribution in [1.29, 1.82) is 0 Å². The van der Waals surface area contributed by atoms with E-state index in [9.17, 15) is 4.79 Å². The number of unbranched alkanes of at least 4 members (excludes halogenated alkanes) is 1. The minimum Gasteiger partial charge on any atom is -0.472 e. The number of hydrogen-bond donors (Lipinski definition) is 1. The summed E-state index contributed by atoms with van der Waals surface area (Å²) in [5, 5.41) is 8.30. The van der Waals surface area contributed by atoms with E-state index >= 15 is 0 Å². The van der Waals surface area contributed by atoms with Gasteiger partial charge in [0.2, 0.25) is 5.87 Å². The Morgan fingerprint density at radius 2 is 2.36 bits per heavy atom. The summed E-state index contributed by atoms with van der Waals surface area (Å²) in [6.07, 6.45) is 2.85. The topological polar surface area (TPSA) is 46.5 Å². The summed E-state index contributed by atoms with van der Waals surface area (Å²) in [5.74, 6) is -0.326. The largest absolute Gasteiger partial charge is 0.472 e. The summed E-state index contributed by atoms with van der Waals surface area (Å²) >= 11 is 0. The minimum atomic E-state index is -0.326. The third-order valence-corrected chi connectivity index (χ3v) is 1.20. The predicted octanol–water partition coefficient (Wildman–Crippen LogP) is 1.04. The molecule has 0 aromatic heterocycles. The highest BCUT2D eigenvalue weighted by atomic mass is 16.5. The van der Waals surface area contributed by atoms with Crippen molar-refractivity contribution >= 4 is 13.1 Å². The van der Waals surface area contributed by atoms with E-state index in [-0.39, 0.29) is 19.1 Å². The Hall–Kier alpha value is -0.505. The lowest BCUT2D eigenvalue weighted by Gasteiger charge is -2.00. The van der Waals surface area contributed by atoms with E-state index in [2.05, 4.69) is 11.7 Å². The van der Waals surface area contributed by atoms with Crippen molar-refractivity contribution in [2.45, 2.75) is 26.1 Å². The number of hydrogen-bond acceptors (Lipinski definition) is 3. The molecule has 0 amide bonds. The van der Waals surface area contributed by atoms with Crippen molar-refractivity contribution in [2.24, 2.45) is 0 Å². The molecule has 4 heteroatoms. The Morgan fingerprint density at radius 3 is 2.91 bits per heavy atom. The van der Waals surface area contributed by atoms with Crippen LogP contribution in [0.25, 0.3) is 0 Å². The first-order valence-electron chi connectivity index (χ1n) is 3.92. The molecule has 0 aliphatic carbocycles. The van der Waals surface area contributed by atoms with Crippen molar-refractivity contribution in [3.8, 4) is 0 Å². The molecule has 11 heavy (non-hydrogen) atoms. The van der Waals surface area contributed by atoms with Gasteiger partial charge < -0.3 is 9.84 Å². The van der Waals surface area contributed by atoms with Crippen LogP contribution in [-0.2, 0) is 4.74 Å². The van der Waals surface area contributed by atoms with Gasteiger partial charge in [0.15, 0.2) is 0 Å². The molecule has 0 atom stereocenters. The Morgan fingerprint density at radius 1 is 1.64 bits per heavy atom. The second-order valence-electron chi connectivity index (χ2n) is 2.24. The maximum Gasteiger partial charge on any atom is 0.261 e. The van der Waals surface area contributed by atoms with Crippen LogP contribution in [0.3, 0.4) is 0 Å². The summed E-state index contributed by atoms with van der Waals surface area (Å²) in [6.45, 7) is 2.06. The van der Waals surface area contributed by atoms with Gasteiger partial charge in [-0.2, -0.15) is 0 Å². The highest BCUT2D eigenvalue weighted by Crippen LogP contribution is 1.94. The average molecular weight is 157 g/mol. The van der Waals surface area contributed by atoms with Gasteiger partial charge in [-0.3, -0.25) is 4.79 Å². The molecule has 0 aromatic carbocycles. The monoisotopic (exact) mass is 157 g/mol. The Kier molecular flexibility index (Phi) is 7.25. The van der Waals surface area contributed by atoms with E-state index in [1.54, 1.807) is 0 Å². The molecule has 0 aromatic rings. The zero-order chi connectivity index (χ0) is 8.53. The van der Waals surface area contributed by atoms with Crippen molar-refractivity contribution in [3.05, 3.63) is 0 Å². The number of rotatable bonds is 6. The highest BCUT2D eigenvalue weighted by molar-refractivity contribution is 6.71. The second-order valence-corrected chi connectivity index (χ2v) is 2.24. The smallest absolute Gasteiger partial charge is 0.261 e. The second kappa shape index (κ2) is 7.60. The molecule has 1 N–H and O–H groups in total. The van der Waals surface area contributed by atoms with Crippen LogP contribution in [0.5, 0.6) is 0 Å². The number of carbonyl (C=O) groups is 1. The molecule has 0 heterocycles. The number of aliphatic hydroxyl groups excluding tert-OH is 1. The molecular weight excluding hydrogens is 143 g/mol. The molecule has 0 bridgehead atoms. The van der Waals surface area contributed by atoms with Crippen molar-refractivity contribution < 1.29 is 14.6 Å². The van der Waals surface area contributed by atoms with Gasteiger partial charge in [0.25, 0.3) is 7.28 Å². The lowest BCUT2D eigenvalue weighted by atomic mass is 9.73. The molecule has 0 aliphatic heterocycles. The molecular formula is C7H14BO3. The van der Waals surface area contributed by atoms with E-state index in [1.165, 1.54) is 7.28 Å². The molecule has 0 aliphatic rings. The first kappa shape index (κ1) is 10.5. The maximum absolute atomic E-state index is 10.7. The fourth-order valence-corrected chi connectivity index (χ4v) is 0.629. The third kappa shape index (κ3) is 7.39. The normalized spacial score (nSPS) is 9.27. The van der Waals surface area contributed by atoms with E-state index in [0.29, 0.717) is 0 Å². The van der Waals surface area contributed by atoms with Crippen LogP contribution in [0, 0.1) is 0 Å². The van der Waals surface area contributed by atoms with Gasteiger partial charge in [0, 0.05) is 0 Å². The lowest BCUT2D eigenvalue weighted by Crippen LogP contribution is -2.13. The molecule has 0 saturated heterocycles. The quantitative estimate of drug-likeness (QED) is 0.462. The van der Waals surface area contributed by atoms with Crippen LogP contribution in [0.4, 0.5) is 4.79 Å². The summed E-state index contributed by atoms with van der Waals surface area (Å²) in [7, 11) is 1.51. The van der Waals surface area contributed by atoms with Crippen LogP contribution in [-0.4, -0.2) is 31.5 Å². The van der Waals surface area contributed by atoms with Crippen LogP contribution in [0.2, 0.25) is 6.32 Å². The van der Waals surface area contributed by atoms with E-state index in [0.717, 1.165) is 19.2 Å². The fourth-order valence-electron chi connectivity index (χ4n) is 0.629. The lowest BCUT2D eigenvalue weighted by molar-refractivity contribution is 0.139. The van der Waals surface area contributed by atoms with E-state index < -0.39 is 0 Å². The highest BCUT2D eigenvalue weighted by Gasteiger charge is 2.02. The minimum absolute atomic E-state index is 0.0987. The number of carbonyl (C=O) groups excluding carboxylic acids is 1.